The first-order valence-electron chi connectivity index (χ1n) is 6.24. The summed E-state index contributed by atoms with van der Waals surface area (Å²) < 4.78 is 12.7. The highest BCUT2D eigenvalue weighted by Gasteiger charge is 2.58. The zero-order valence-electron chi connectivity index (χ0n) is 11.3. The molecule has 19 heavy (non-hydrogen) atoms. The summed E-state index contributed by atoms with van der Waals surface area (Å²) in [5.41, 5.74) is -0.771. The lowest BCUT2D eigenvalue weighted by Gasteiger charge is -2.21. The number of carbonyl (C=O) groups is 2. The van der Waals surface area contributed by atoms with Crippen molar-refractivity contribution >= 4 is 17.6 Å². The molecule has 0 atom stereocenters. The largest absolute Gasteiger partial charge is 0.480 e. The van der Waals surface area contributed by atoms with Crippen LogP contribution in [0.3, 0.4) is 0 Å². The Morgan fingerprint density at radius 2 is 1.68 bits per heavy atom. The van der Waals surface area contributed by atoms with Crippen molar-refractivity contribution < 1.29 is 19.1 Å². The Labute approximate surface area is 111 Å². The van der Waals surface area contributed by atoms with E-state index in [1.165, 1.54) is 36.2 Å². The van der Waals surface area contributed by atoms with E-state index < -0.39 is 23.1 Å². The molecule has 2 rings (SSSR count). The second-order valence-electron chi connectivity index (χ2n) is 4.23. The lowest BCUT2D eigenvalue weighted by molar-refractivity contribution is -0.148. The minimum atomic E-state index is -1.26. The third kappa shape index (κ3) is 2.92. The Morgan fingerprint density at radius 1 is 1.21 bits per heavy atom. The highest BCUT2D eigenvalue weighted by atomic mass is 19.1. The van der Waals surface area contributed by atoms with Gasteiger partial charge in [0.1, 0.15) is 11.2 Å². The number of rotatable bonds is 3. The number of hydrogen-bond donors (Lipinski definition) is 1. The number of halogens is 1. The molecular formula is C14H18FNO3. The first kappa shape index (κ1) is 15.1. The summed E-state index contributed by atoms with van der Waals surface area (Å²) in [6, 6.07) is 5.37. The average molecular weight is 267 g/mol. The standard InChI is InChI=1S/C12H12FNO3.C2H6/c1-14(9-4-2-8(13)3-5-9)10(15)12(6-7-12)11(16)17;1-2/h2-5H,6-7H2,1H3,(H,16,17);1-2H3. The lowest BCUT2D eigenvalue weighted by atomic mass is 10.1. The summed E-state index contributed by atoms with van der Waals surface area (Å²) in [7, 11) is 1.50. The van der Waals surface area contributed by atoms with E-state index in [1.54, 1.807) is 0 Å². The van der Waals surface area contributed by atoms with Crippen molar-refractivity contribution in [3.63, 3.8) is 0 Å². The normalized spacial score (nSPS) is 14.9. The van der Waals surface area contributed by atoms with Crippen molar-refractivity contribution in [3.8, 4) is 0 Å². The number of aliphatic carboxylic acids is 1. The Kier molecular flexibility index (Phi) is 4.64. The van der Waals surface area contributed by atoms with Gasteiger partial charge < -0.3 is 10.0 Å². The van der Waals surface area contributed by atoms with Crippen LogP contribution in [-0.2, 0) is 9.59 Å². The van der Waals surface area contributed by atoms with E-state index in [2.05, 4.69) is 0 Å². The summed E-state index contributed by atoms with van der Waals surface area (Å²) in [4.78, 5) is 24.3. The number of nitrogens with zero attached hydrogens (tertiary/aromatic N) is 1. The summed E-state index contributed by atoms with van der Waals surface area (Å²) in [6.45, 7) is 4.00. The van der Waals surface area contributed by atoms with Crippen LogP contribution in [0.15, 0.2) is 24.3 Å². The SMILES string of the molecule is CC.CN(C(=O)C1(C(=O)O)CC1)c1ccc(F)cc1. The van der Waals surface area contributed by atoms with Gasteiger partial charge in [-0.25, -0.2) is 4.39 Å². The molecule has 1 N–H and O–H groups in total. The molecule has 1 aliphatic rings. The summed E-state index contributed by atoms with van der Waals surface area (Å²) in [5.74, 6) is -1.93. The quantitative estimate of drug-likeness (QED) is 0.857. The Hall–Kier alpha value is -1.91. The van der Waals surface area contributed by atoms with Gasteiger partial charge in [-0.1, -0.05) is 13.8 Å². The smallest absolute Gasteiger partial charge is 0.319 e. The van der Waals surface area contributed by atoms with Gasteiger partial charge >= 0.3 is 5.97 Å². The number of carboxylic acid groups (broad SMARTS) is 1. The van der Waals surface area contributed by atoms with Gasteiger partial charge in [0.15, 0.2) is 0 Å². The molecule has 104 valence electrons. The fourth-order valence-electron chi connectivity index (χ4n) is 1.75. The zero-order chi connectivity index (χ0) is 14.6. The van der Waals surface area contributed by atoms with Crippen molar-refractivity contribution in [2.75, 3.05) is 11.9 Å². The maximum absolute atomic E-state index is 12.7. The van der Waals surface area contributed by atoms with E-state index in [9.17, 15) is 14.0 Å². The molecule has 5 heteroatoms. The van der Waals surface area contributed by atoms with E-state index in [1.807, 2.05) is 13.8 Å². The van der Waals surface area contributed by atoms with Crippen LogP contribution >= 0.6 is 0 Å². The fourth-order valence-corrected chi connectivity index (χ4v) is 1.75. The van der Waals surface area contributed by atoms with Gasteiger partial charge in [-0.15, -0.1) is 0 Å². The summed E-state index contributed by atoms with van der Waals surface area (Å²) >= 11 is 0. The number of carbonyl (C=O) groups excluding carboxylic acids is 1. The highest BCUT2D eigenvalue weighted by Crippen LogP contribution is 2.47. The Morgan fingerprint density at radius 3 is 2.05 bits per heavy atom. The van der Waals surface area contributed by atoms with Gasteiger partial charge in [-0.3, -0.25) is 9.59 Å². The minimum Gasteiger partial charge on any atom is -0.480 e. The second kappa shape index (κ2) is 5.82. The van der Waals surface area contributed by atoms with Crippen molar-refractivity contribution in [2.45, 2.75) is 26.7 Å². The molecule has 1 aliphatic carbocycles. The number of anilines is 1. The zero-order valence-corrected chi connectivity index (χ0v) is 11.3. The molecule has 0 spiro atoms. The molecule has 4 nitrogen and oxygen atoms in total. The topological polar surface area (TPSA) is 57.6 Å². The van der Waals surface area contributed by atoms with Crippen LogP contribution in [0, 0.1) is 11.2 Å². The van der Waals surface area contributed by atoms with E-state index in [4.69, 9.17) is 5.11 Å². The number of amides is 1. The second-order valence-corrected chi connectivity index (χ2v) is 4.23. The molecule has 1 saturated carbocycles. The van der Waals surface area contributed by atoms with E-state index in [-0.39, 0.29) is 0 Å². The van der Waals surface area contributed by atoms with Gasteiger partial charge in [0.25, 0.3) is 0 Å². The Balaban J connectivity index is 0.000000861. The van der Waals surface area contributed by atoms with Gasteiger partial charge in [0, 0.05) is 12.7 Å². The van der Waals surface area contributed by atoms with Gasteiger partial charge in [-0.05, 0) is 37.1 Å². The van der Waals surface area contributed by atoms with Crippen LogP contribution in [0.4, 0.5) is 10.1 Å². The van der Waals surface area contributed by atoms with Crippen molar-refractivity contribution in [1.82, 2.24) is 0 Å². The molecule has 0 saturated heterocycles. The van der Waals surface area contributed by atoms with Crippen LogP contribution in [0.25, 0.3) is 0 Å². The number of carboxylic acids is 1. The molecule has 0 radical (unpaired) electrons. The number of hydrogen-bond acceptors (Lipinski definition) is 2. The van der Waals surface area contributed by atoms with Crippen molar-refractivity contribution in [1.29, 1.82) is 0 Å². The van der Waals surface area contributed by atoms with Crippen LogP contribution in [0.1, 0.15) is 26.7 Å². The van der Waals surface area contributed by atoms with Crippen molar-refractivity contribution in [2.24, 2.45) is 5.41 Å². The van der Waals surface area contributed by atoms with E-state index >= 15 is 0 Å². The Bertz CT molecular complexity index is 466. The van der Waals surface area contributed by atoms with Gasteiger partial charge in [0.05, 0.1) is 0 Å². The predicted molar refractivity (Wildman–Crippen MR) is 70.5 cm³/mol. The van der Waals surface area contributed by atoms with Crippen molar-refractivity contribution in [3.05, 3.63) is 30.1 Å². The third-order valence-electron chi connectivity index (χ3n) is 3.09. The average Bonchev–Trinajstić information content (AvgIpc) is 3.22. The van der Waals surface area contributed by atoms with Crippen LogP contribution in [0.5, 0.6) is 0 Å². The monoisotopic (exact) mass is 267 g/mol. The van der Waals surface area contributed by atoms with Crippen LogP contribution < -0.4 is 4.90 Å². The predicted octanol–water partition coefficient (Wildman–Crippen LogP) is 2.68. The molecule has 1 fully saturated rings. The molecule has 0 unspecified atom stereocenters. The molecule has 1 aromatic carbocycles. The molecule has 0 heterocycles. The highest BCUT2D eigenvalue weighted by molar-refractivity contribution is 6.11. The molecular weight excluding hydrogens is 249 g/mol. The molecule has 1 amide bonds. The van der Waals surface area contributed by atoms with Crippen LogP contribution in [-0.4, -0.2) is 24.0 Å². The first-order chi connectivity index (χ1) is 8.97. The maximum Gasteiger partial charge on any atom is 0.319 e. The van der Waals surface area contributed by atoms with Gasteiger partial charge in [0.2, 0.25) is 5.91 Å². The van der Waals surface area contributed by atoms with E-state index in [0.29, 0.717) is 18.5 Å². The fraction of sp³-hybridized carbons (Fsp3) is 0.429. The summed E-state index contributed by atoms with van der Waals surface area (Å²) in [5, 5.41) is 9.01. The first-order valence-corrected chi connectivity index (χ1v) is 6.24. The summed E-state index contributed by atoms with van der Waals surface area (Å²) in [6.07, 6.45) is 0.736. The lowest BCUT2D eigenvalue weighted by Crippen LogP contribution is -2.38. The third-order valence-corrected chi connectivity index (χ3v) is 3.09. The van der Waals surface area contributed by atoms with E-state index in [0.717, 1.165) is 0 Å². The molecule has 0 bridgehead atoms. The molecule has 1 aromatic rings. The van der Waals surface area contributed by atoms with Crippen LogP contribution in [0.2, 0.25) is 0 Å². The van der Waals surface area contributed by atoms with Gasteiger partial charge in [-0.2, -0.15) is 0 Å². The maximum atomic E-state index is 12.7. The minimum absolute atomic E-state index is 0.368. The number of benzene rings is 1. The molecule has 0 aliphatic heterocycles. The molecule has 0 aromatic heterocycles.